The van der Waals surface area contributed by atoms with Crippen molar-refractivity contribution in [2.75, 3.05) is 56.8 Å². The summed E-state index contributed by atoms with van der Waals surface area (Å²) < 4.78 is 11.8. The third-order valence-corrected chi connectivity index (χ3v) is 5.39. The van der Waals surface area contributed by atoms with Gasteiger partial charge in [-0.1, -0.05) is 0 Å². The first kappa shape index (κ1) is 15.1. The molecule has 6 heteroatoms. The Balaban J connectivity index is 1.61. The van der Waals surface area contributed by atoms with Gasteiger partial charge >= 0.3 is 0 Å². The zero-order valence-electron chi connectivity index (χ0n) is 13.7. The van der Waals surface area contributed by atoms with Crippen LogP contribution in [0.3, 0.4) is 0 Å². The van der Waals surface area contributed by atoms with Gasteiger partial charge in [-0.05, 0) is 13.1 Å². The highest BCUT2D eigenvalue weighted by atomic mass is 16.5. The number of nitrogens with one attached hydrogen (secondary N) is 1. The second kappa shape index (κ2) is 5.85. The minimum atomic E-state index is -0.0504. The maximum absolute atomic E-state index is 9.56. The van der Waals surface area contributed by atoms with Crippen LogP contribution in [0, 0.1) is 0 Å². The number of hydrogen-bond acceptors (Lipinski definition) is 6. The summed E-state index contributed by atoms with van der Waals surface area (Å²) in [6.07, 6.45) is 3.06. The highest BCUT2D eigenvalue weighted by Crippen LogP contribution is 2.45. The van der Waals surface area contributed by atoms with E-state index in [4.69, 9.17) is 9.47 Å². The smallest absolute Gasteiger partial charge is 0.125 e. The van der Waals surface area contributed by atoms with E-state index < -0.39 is 0 Å². The van der Waals surface area contributed by atoms with Crippen LogP contribution in [-0.4, -0.2) is 62.1 Å². The molecule has 2 fully saturated rings. The summed E-state index contributed by atoms with van der Waals surface area (Å²) in [5, 5.41) is 9.56. The molecule has 0 unspecified atom stereocenters. The van der Waals surface area contributed by atoms with Crippen LogP contribution in [0.25, 0.3) is 0 Å². The average Bonchev–Trinajstić information content (AvgIpc) is 2.94. The molecule has 2 N–H and O–H groups in total. The van der Waals surface area contributed by atoms with E-state index in [0.29, 0.717) is 0 Å². The van der Waals surface area contributed by atoms with Crippen LogP contribution in [0.5, 0.6) is 5.75 Å². The number of benzene rings is 1. The molecule has 0 atom stereocenters. The van der Waals surface area contributed by atoms with E-state index in [0.717, 1.165) is 75.8 Å². The monoisotopic (exact) mass is 319 g/mol. The molecule has 0 aromatic heterocycles. The van der Waals surface area contributed by atoms with Gasteiger partial charge in [0, 0.05) is 57.1 Å². The Bertz CT molecular complexity index is 579. The van der Waals surface area contributed by atoms with E-state index in [1.807, 2.05) is 6.07 Å². The van der Waals surface area contributed by atoms with E-state index in [2.05, 4.69) is 28.4 Å². The minimum absolute atomic E-state index is 0.0504. The van der Waals surface area contributed by atoms with Crippen molar-refractivity contribution in [3.63, 3.8) is 0 Å². The highest BCUT2D eigenvalue weighted by Gasteiger charge is 2.42. The van der Waals surface area contributed by atoms with E-state index >= 15 is 0 Å². The van der Waals surface area contributed by atoms with Gasteiger partial charge < -0.3 is 19.3 Å². The van der Waals surface area contributed by atoms with Crippen molar-refractivity contribution < 1.29 is 14.7 Å². The third-order valence-electron chi connectivity index (χ3n) is 5.39. The molecule has 2 saturated heterocycles. The minimum Gasteiger partial charge on any atom is -0.486 e. The number of ether oxygens (including phenoxy) is 2. The number of fused-ring (bicyclic) bond motifs is 1. The molecule has 0 saturated carbocycles. The SMILES string of the molecule is CN1CCC2(CC1)Cc1cc(NO)c(N3CCOCC3)cc1O2. The van der Waals surface area contributed by atoms with Gasteiger partial charge in [0.05, 0.1) is 24.6 Å². The number of rotatable bonds is 2. The number of hydrogen-bond donors (Lipinski definition) is 2. The summed E-state index contributed by atoms with van der Waals surface area (Å²) >= 11 is 0. The fourth-order valence-corrected chi connectivity index (χ4v) is 3.92. The lowest BCUT2D eigenvalue weighted by molar-refractivity contribution is 0.0271. The molecule has 3 aliphatic heterocycles. The second-order valence-corrected chi connectivity index (χ2v) is 6.95. The van der Waals surface area contributed by atoms with Crippen LogP contribution in [0.1, 0.15) is 18.4 Å². The summed E-state index contributed by atoms with van der Waals surface area (Å²) in [7, 11) is 2.17. The van der Waals surface area contributed by atoms with E-state index in [-0.39, 0.29) is 5.60 Å². The Morgan fingerprint density at radius 3 is 2.57 bits per heavy atom. The Morgan fingerprint density at radius 1 is 1.13 bits per heavy atom. The third kappa shape index (κ3) is 2.75. The summed E-state index contributed by atoms with van der Waals surface area (Å²) in [4.78, 5) is 4.60. The van der Waals surface area contributed by atoms with Crippen molar-refractivity contribution in [3.8, 4) is 5.75 Å². The summed E-state index contributed by atoms with van der Waals surface area (Å²) in [6, 6.07) is 4.14. The lowest BCUT2D eigenvalue weighted by Gasteiger charge is -2.37. The molecular weight excluding hydrogens is 294 g/mol. The number of piperidine rings is 1. The molecule has 6 nitrogen and oxygen atoms in total. The quantitative estimate of drug-likeness (QED) is 0.810. The highest BCUT2D eigenvalue weighted by molar-refractivity contribution is 5.74. The van der Waals surface area contributed by atoms with E-state index in [1.165, 1.54) is 5.56 Å². The summed E-state index contributed by atoms with van der Waals surface area (Å²) in [6.45, 7) is 5.27. The Morgan fingerprint density at radius 2 is 1.87 bits per heavy atom. The molecule has 1 aromatic rings. The molecule has 0 bridgehead atoms. The van der Waals surface area contributed by atoms with Gasteiger partial charge in [0.25, 0.3) is 0 Å². The van der Waals surface area contributed by atoms with E-state index in [1.54, 1.807) is 0 Å². The molecule has 0 radical (unpaired) electrons. The fourth-order valence-electron chi connectivity index (χ4n) is 3.92. The maximum Gasteiger partial charge on any atom is 0.125 e. The van der Waals surface area contributed by atoms with Crippen LogP contribution in [-0.2, 0) is 11.2 Å². The van der Waals surface area contributed by atoms with Crippen molar-refractivity contribution in [2.24, 2.45) is 0 Å². The van der Waals surface area contributed by atoms with Crippen molar-refractivity contribution in [1.82, 2.24) is 4.90 Å². The largest absolute Gasteiger partial charge is 0.486 e. The first-order valence-electron chi connectivity index (χ1n) is 8.46. The van der Waals surface area contributed by atoms with Gasteiger partial charge in [-0.2, -0.15) is 0 Å². The van der Waals surface area contributed by atoms with E-state index in [9.17, 15) is 5.21 Å². The second-order valence-electron chi connectivity index (χ2n) is 6.95. The molecule has 1 aromatic carbocycles. The molecule has 4 rings (SSSR count). The normalized spacial score (nSPS) is 23.7. The molecule has 0 aliphatic carbocycles. The van der Waals surface area contributed by atoms with Crippen LogP contribution in [0.15, 0.2) is 12.1 Å². The van der Waals surface area contributed by atoms with Crippen LogP contribution in [0.4, 0.5) is 11.4 Å². The molecule has 3 heterocycles. The van der Waals surface area contributed by atoms with Gasteiger partial charge in [0.1, 0.15) is 11.4 Å². The van der Waals surface area contributed by atoms with Gasteiger partial charge in [-0.3, -0.25) is 10.7 Å². The lowest BCUT2D eigenvalue weighted by atomic mass is 9.87. The number of anilines is 2. The zero-order valence-corrected chi connectivity index (χ0v) is 13.7. The van der Waals surface area contributed by atoms with Crippen LogP contribution >= 0.6 is 0 Å². The summed E-state index contributed by atoms with van der Waals surface area (Å²) in [5.41, 5.74) is 5.28. The Kier molecular flexibility index (Phi) is 3.83. The topological polar surface area (TPSA) is 57.2 Å². The summed E-state index contributed by atoms with van der Waals surface area (Å²) in [5.74, 6) is 0.982. The van der Waals surface area contributed by atoms with Gasteiger partial charge in [0.2, 0.25) is 0 Å². The van der Waals surface area contributed by atoms with Crippen LogP contribution in [0.2, 0.25) is 0 Å². The van der Waals surface area contributed by atoms with Crippen molar-refractivity contribution in [3.05, 3.63) is 17.7 Å². The number of nitrogens with zero attached hydrogens (tertiary/aromatic N) is 2. The molecule has 23 heavy (non-hydrogen) atoms. The van der Waals surface area contributed by atoms with Crippen molar-refractivity contribution in [1.29, 1.82) is 0 Å². The Hall–Kier alpha value is -1.50. The maximum atomic E-state index is 9.56. The molecule has 126 valence electrons. The number of likely N-dealkylation sites (tertiary alicyclic amines) is 1. The lowest BCUT2D eigenvalue weighted by Crippen LogP contribution is -2.45. The fraction of sp³-hybridized carbons (Fsp3) is 0.647. The molecular formula is C17H25N3O3. The van der Waals surface area contributed by atoms with Gasteiger partial charge in [-0.25, -0.2) is 0 Å². The standard InChI is InChI=1S/C17H25N3O3/c1-19-4-2-17(3-5-19)12-13-10-14(18-21)15(11-16(13)23-17)20-6-8-22-9-7-20/h10-11,18,21H,2-9,12H2,1H3. The Labute approximate surface area is 136 Å². The molecule has 3 aliphatic rings. The molecule has 0 amide bonds. The zero-order chi connectivity index (χ0) is 15.9. The molecule has 1 spiro atoms. The predicted molar refractivity (Wildman–Crippen MR) is 88.7 cm³/mol. The average molecular weight is 319 g/mol. The number of morpholine rings is 1. The van der Waals surface area contributed by atoms with Crippen molar-refractivity contribution in [2.45, 2.75) is 24.9 Å². The van der Waals surface area contributed by atoms with Gasteiger partial charge in [0.15, 0.2) is 0 Å². The first-order chi connectivity index (χ1) is 11.2. The predicted octanol–water partition coefficient (Wildman–Crippen LogP) is 1.72. The van der Waals surface area contributed by atoms with Crippen LogP contribution < -0.4 is 15.1 Å². The first-order valence-corrected chi connectivity index (χ1v) is 8.46. The van der Waals surface area contributed by atoms with Crippen molar-refractivity contribution >= 4 is 11.4 Å². The van der Waals surface area contributed by atoms with Gasteiger partial charge in [-0.15, -0.1) is 0 Å².